The van der Waals surface area contributed by atoms with E-state index in [2.05, 4.69) is 71.7 Å². The quantitative estimate of drug-likeness (QED) is 0.236. The predicted octanol–water partition coefficient (Wildman–Crippen LogP) is 7.33. The first-order chi connectivity index (χ1) is 9.89. The Balaban J connectivity index is -0.000000111. The monoisotopic (exact) mass is 432 g/mol. The number of rotatable bonds is 8. The summed E-state index contributed by atoms with van der Waals surface area (Å²) < 4.78 is 2.81. The fourth-order valence-electron chi connectivity index (χ4n) is 1.39. The van der Waals surface area contributed by atoms with Crippen LogP contribution in [-0.2, 0) is 21.1 Å². The van der Waals surface area contributed by atoms with Gasteiger partial charge in [0.15, 0.2) is 0 Å². The molecule has 2 unspecified atom stereocenters. The summed E-state index contributed by atoms with van der Waals surface area (Å²) in [5, 5.41) is -0.562. The van der Waals surface area contributed by atoms with Crippen LogP contribution in [0.5, 0.6) is 0 Å². The van der Waals surface area contributed by atoms with Gasteiger partial charge in [-0.25, -0.2) is 0 Å². The molecule has 0 aliphatic carbocycles. The minimum atomic E-state index is -0.562. The molecule has 133 valence electrons. The number of unbranched alkanes of at least 4 members (excludes halogenated alkanes) is 2. The van der Waals surface area contributed by atoms with Gasteiger partial charge in [0.2, 0.25) is 0 Å². The predicted molar refractivity (Wildman–Crippen MR) is 104 cm³/mol. The molecule has 0 saturated carbocycles. The Bertz CT molecular complexity index is 193. The Morgan fingerprint density at radius 3 is 1.36 bits per heavy atom. The van der Waals surface area contributed by atoms with E-state index in [1.54, 1.807) is 0 Å². The molecule has 0 saturated heterocycles. The van der Waals surface area contributed by atoms with Crippen molar-refractivity contribution < 1.29 is 25.9 Å². The molecule has 2 nitrogen and oxygen atoms in total. The fourth-order valence-corrected chi connectivity index (χ4v) is 1.39. The minimum Gasteiger partial charge on any atom is -0.594 e. The first-order valence-electron chi connectivity index (χ1n) is 8.13. The van der Waals surface area contributed by atoms with Crippen LogP contribution in [0.1, 0.15) is 79.1 Å². The van der Waals surface area contributed by atoms with E-state index in [-0.39, 0.29) is 21.1 Å². The van der Waals surface area contributed by atoms with Crippen molar-refractivity contribution >= 4 is 30.7 Å². The first kappa shape index (κ1) is 30.7. The maximum atomic E-state index is 9.43. The summed E-state index contributed by atoms with van der Waals surface area (Å²) in [6.45, 7) is 16.8. The van der Waals surface area contributed by atoms with Gasteiger partial charge in [-0.05, 0) is 0 Å². The molecule has 0 aliphatic heterocycles. The molecule has 1 amide bonds. The van der Waals surface area contributed by atoms with Crippen LogP contribution < -0.4 is 0 Å². The standard InChI is InChI=1S/2C8H17.CH3NOS2.Mo/c2*1-4-6-7-8(3)5-2;3-1(4)2-5;/h2*8H,3-7H2,1-2H3;(H3,2,3,4,5);/q2*-1;;+3/p-1. The van der Waals surface area contributed by atoms with Crippen molar-refractivity contribution in [3.8, 4) is 0 Å². The van der Waals surface area contributed by atoms with E-state index in [9.17, 15) is 4.79 Å². The number of carbonyl (C=O) groups is 1. The van der Waals surface area contributed by atoms with Gasteiger partial charge < -0.3 is 23.4 Å². The summed E-state index contributed by atoms with van der Waals surface area (Å²) in [4.78, 5) is 9.43. The zero-order valence-electron chi connectivity index (χ0n) is 14.9. The maximum absolute atomic E-state index is 9.43. The van der Waals surface area contributed by atoms with Crippen molar-refractivity contribution in [3.63, 3.8) is 0 Å². The molecule has 22 heavy (non-hydrogen) atoms. The molecular weight excluding hydrogens is 394 g/mol. The molecule has 0 bridgehead atoms. The number of hydrogen-bond acceptors (Lipinski definition) is 2. The van der Waals surface area contributed by atoms with E-state index in [0.717, 1.165) is 0 Å². The fraction of sp³-hybridized carbons (Fsp3) is 0.824. The molecule has 0 aromatic rings. The van der Waals surface area contributed by atoms with Crippen LogP contribution in [0.15, 0.2) is 0 Å². The topological polar surface area (TPSA) is 31.2 Å². The van der Waals surface area contributed by atoms with E-state index in [0.29, 0.717) is 11.8 Å². The van der Waals surface area contributed by atoms with Gasteiger partial charge in [-0.15, -0.1) is 12.6 Å². The third-order valence-corrected chi connectivity index (χ3v) is 3.61. The molecule has 0 aliphatic rings. The SMILES string of the molecule is O=C(S)[N-]S.[CH2-]C(CC)CCCC.[CH2-]C(CC)CCCC.[Mo+3]. The van der Waals surface area contributed by atoms with E-state index < -0.39 is 5.24 Å². The third kappa shape index (κ3) is 37.3. The molecule has 0 N–H and O–H groups in total. The summed E-state index contributed by atoms with van der Waals surface area (Å²) in [6.07, 6.45) is 10.4. The van der Waals surface area contributed by atoms with E-state index in [1.165, 1.54) is 51.4 Å². The molecular formula is C17H36MoNOS2. The number of amides is 1. The minimum absolute atomic E-state index is 0. The van der Waals surface area contributed by atoms with Crippen molar-refractivity contribution in [1.82, 2.24) is 0 Å². The largest absolute Gasteiger partial charge is 3.00 e. The zero-order valence-corrected chi connectivity index (χ0v) is 18.7. The molecule has 0 heterocycles. The second kappa shape index (κ2) is 26.7. The molecule has 0 rings (SSSR count). The Labute approximate surface area is 165 Å². The van der Waals surface area contributed by atoms with Gasteiger partial charge >= 0.3 is 21.1 Å². The molecule has 0 aromatic heterocycles. The van der Waals surface area contributed by atoms with Crippen LogP contribution in [0.25, 0.3) is 4.72 Å². The smallest absolute Gasteiger partial charge is 0.594 e. The summed E-state index contributed by atoms with van der Waals surface area (Å²) in [6, 6.07) is 0. The number of thiol groups is 2. The summed E-state index contributed by atoms with van der Waals surface area (Å²) >= 11 is 6.43. The number of nitrogens with zero attached hydrogens (tertiary/aromatic N) is 1. The Kier molecular flexibility index (Phi) is 37.3. The van der Waals surface area contributed by atoms with Crippen LogP contribution in [-0.4, -0.2) is 5.24 Å². The van der Waals surface area contributed by atoms with Gasteiger partial charge in [-0.3, -0.25) is 12.8 Å². The van der Waals surface area contributed by atoms with Crippen molar-refractivity contribution in [3.05, 3.63) is 18.6 Å². The zero-order chi connectivity index (χ0) is 17.1. The van der Waals surface area contributed by atoms with Crippen LogP contribution >= 0.6 is 25.4 Å². The van der Waals surface area contributed by atoms with Crippen molar-refractivity contribution in [2.24, 2.45) is 11.8 Å². The second-order valence-corrected chi connectivity index (χ2v) is 5.80. The van der Waals surface area contributed by atoms with Crippen LogP contribution in [0.4, 0.5) is 4.79 Å². The van der Waals surface area contributed by atoms with E-state index in [4.69, 9.17) is 0 Å². The van der Waals surface area contributed by atoms with E-state index in [1.807, 2.05) is 0 Å². The Morgan fingerprint density at radius 1 is 0.955 bits per heavy atom. The van der Waals surface area contributed by atoms with Gasteiger partial charge in [-0.1, -0.05) is 79.1 Å². The maximum Gasteiger partial charge on any atom is 3.00 e. The van der Waals surface area contributed by atoms with Crippen molar-refractivity contribution in [2.75, 3.05) is 0 Å². The summed E-state index contributed by atoms with van der Waals surface area (Å²) in [5.41, 5.74) is 0. The molecule has 0 aromatic carbocycles. The number of hydrogen-bond donors (Lipinski definition) is 2. The average molecular weight is 431 g/mol. The van der Waals surface area contributed by atoms with Gasteiger partial charge in [0.1, 0.15) is 5.24 Å². The normalized spacial score (nSPS) is 11.6. The molecule has 1 radical (unpaired) electrons. The van der Waals surface area contributed by atoms with Crippen LogP contribution in [0.3, 0.4) is 0 Å². The summed E-state index contributed by atoms with van der Waals surface area (Å²) in [5.74, 6) is 1.41. The molecule has 2 atom stereocenters. The van der Waals surface area contributed by atoms with Gasteiger partial charge in [0.25, 0.3) is 0 Å². The Hall–Kier alpha value is 0.858. The van der Waals surface area contributed by atoms with Crippen LogP contribution in [0, 0.1) is 25.7 Å². The van der Waals surface area contributed by atoms with Crippen LogP contribution in [0.2, 0.25) is 0 Å². The van der Waals surface area contributed by atoms with Gasteiger partial charge in [-0.2, -0.15) is 11.8 Å². The summed E-state index contributed by atoms with van der Waals surface area (Å²) in [7, 11) is 0. The Morgan fingerprint density at radius 2 is 1.23 bits per heavy atom. The molecule has 0 spiro atoms. The van der Waals surface area contributed by atoms with Crippen molar-refractivity contribution in [1.29, 1.82) is 0 Å². The third-order valence-electron chi connectivity index (χ3n) is 3.17. The second-order valence-electron chi connectivity index (χ2n) is 5.22. The molecule has 0 fully saturated rings. The number of carbonyl (C=O) groups excluding carboxylic acids is 1. The van der Waals surface area contributed by atoms with Gasteiger partial charge in [0.05, 0.1) is 0 Å². The first-order valence-corrected chi connectivity index (χ1v) is 8.98. The van der Waals surface area contributed by atoms with Gasteiger partial charge in [0, 0.05) is 0 Å². The molecule has 5 heteroatoms. The van der Waals surface area contributed by atoms with Crippen molar-refractivity contribution in [2.45, 2.75) is 79.1 Å². The average Bonchev–Trinajstić information content (AvgIpc) is 2.51. The van der Waals surface area contributed by atoms with E-state index >= 15 is 0 Å².